The molecule has 0 aliphatic heterocycles. The maximum atomic E-state index is 14.2. The number of aromatic nitrogens is 4. The molecule has 1 aliphatic rings. The van der Waals surface area contributed by atoms with E-state index in [0.29, 0.717) is 40.5 Å². The Morgan fingerprint density at radius 1 is 1.20 bits per heavy atom. The lowest BCUT2D eigenvalue weighted by Crippen LogP contribution is -2.29. The molecule has 1 fully saturated rings. The van der Waals surface area contributed by atoms with Crippen molar-refractivity contribution in [3.05, 3.63) is 42.0 Å². The summed E-state index contributed by atoms with van der Waals surface area (Å²) in [4.78, 5) is 15.5. The number of aromatic amines is 1. The standard InChI is InChI=1S/C18H19F2N5/c19-11-6-13-14(8-23-17(13)22-7-11)18-24-9-15(20)16(25-18)5-10-2-1-3-12(21)4-10/h6-10,12H,1-5,21H2,(H,22,23)/t10-,12+/m0/s1. The number of halogens is 2. The average Bonchev–Trinajstić information content (AvgIpc) is 3.00. The van der Waals surface area contributed by atoms with E-state index < -0.39 is 11.6 Å². The summed E-state index contributed by atoms with van der Waals surface area (Å²) in [5.74, 6) is -0.142. The van der Waals surface area contributed by atoms with Crippen molar-refractivity contribution in [3.8, 4) is 11.4 Å². The Morgan fingerprint density at radius 2 is 2.08 bits per heavy atom. The van der Waals surface area contributed by atoms with E-state index in [1.165, 1.54) is 12.3 Å². The van der Waals surface area contributed by atoms with E-state index in [2.05, 4.69) is 19.9 Å². The maximum absolute atomic E-state index is 14.2. The molecule has 0 spiro atoms. The largest absolute Gasteiger partial charge is 0.345 e. The number of nitrogens with two attached hydrogens (primary N) is 1. The summed E-state index contributed by atoms with van der Waals surface area (Å²) in [6.07, 6.45) is 8.57. The fourth-order valence-electron chi connectivity index (χ4n) is 3.63. The Morgan fingerprint density at radius 3 is 2.92 bits per heavy atom. The fraction of sp³-hybridized carbons (Fsp3) is 0.389. The predicted molar refractivity (Wildman–Crippen MR) is 90.7 cm³/mol. The van der Waals surface area contributed by atoms with Gasteiger partial charge in [0.05, 0.1) is 18.1 Å². The van der Waals surface area contributed by atoms with Gasteiger partial charge in [-0.2, -0.15) is 0 Å². The Labute approximate surface area is 143 Å². The first-order valence-corrected chi connectivity index (χ1v) is 8.50. The number of hydrogen-bond acceptors (Lipinski definition) is 4. The molecule has 130 valence electrons. The van der Waals surface area contributed by atoms with Crippen LogP contribution in [0.1, 0.15) is 31.4 Å². The van der Waals surface area contributed by atoms with E-state index in [-0.39, 0.29) is 6.04 Å². The highest BCUT2D eigenvalue weighted by Gasteiger charge is 2.22. The summed E-state index contributed by atoms with van der Waals surface area (Å²) >= 11 is 0. The molecule has 5 nitrogen and oxygen atoms in total. The van der Waals surface area contributed by atoms with Gasteiger partial charge < -0.3 is 10.7 Å². The molecule has 3 aromatic rings. The van der Waals surface area contributed by atoms with Gasteiger partial charge in [-0.25, -0.2) is 23.7 Å². The minimum atomic E-state index is -0.438. The first-order chi connectivity index (χ1) is 12.1. The molecule has 3 heterocycles. The van der Waals surface area contributed by atoms with E-state index in [9.17, 15) is 8.78 Å². The Kier molecular flexibility index (Phi) is 4.17. The monoisotopic (exact) mass is 343 g/mol. The van der Waals surface area contributed by atoms with Crippen LogP contribution in [-0.4, -0.2) is 26.0 Å². The zero-order chi connectivity index (χ0) is 17.4. The lowest BCUT2D eigenvalue weighted by molar-refractivity contribution is 0.316. The van der Waals surface area contributed by atoms with Crippen molar-refractivity contribution in [2.45, 2.75) is 38.1 Å². The van der Waals surface area contributed by atoms with E-state index in [0.717, 1.165) is 31.9 Å². The lowest BCUT2D eigenvalue weighted by atomic mass is 9.83. The van der Waals surface area contributed by atoms with Gasteiger partial charge in [0, 0.05) is 23.2 Å². The molecule has 0 amide bonds. The molecular weight excluding hydrogens is 324 g/mol. The van der Waals surface area contributed by atoms with Gasteiger partial charge in [0.1, 0.15) is 11.5 Å². The minimum absolute atomic E-state index is 0.186. The van der Waals surface area contributed by atoms with Gasteiger partial charge in [0.25, 0.3) is 0 Å². The summed E-state index contributed by atoms with van der Waals surface area (Å²) < 4.78 is 27.7. The lowest BCUT2D eigenvalue weighted by Gasteiger charge is -2.26. The minimum Gasteiger partial charge on any atom is -0.345 e. The number of nitrogens with zero attached hydrogens (tertiary/aromatic N) is 3. The third-order valence-corrected chi connectivity index (χ3v) is 4.86. The molecule has 2 atom stereocenters. The zero-order valence-corrected chi connectivity index (χ0v) is 13.7. The van der Waals surface area contributed by atoms with Gasteiger partial charge in [-0.05, 0) is 37.7 Å². The van der Waals surface area contributed by atoms with Crippen LogP contribution in [0, 0.1) is 17.6 Å². The molecule has 0 radical (unpaired) electrons. The molecule has 0 aromatic carbocycles. The second-order valence-corrected chi connectivity index (χ2v) is 6.74. The van der Waals surface area contributed by atoms with Crippen molar-refractivity contribution >= 4 is 11.0 Å². The summed E-state index contributed by atoms with van der Waals surface area (Å²) in [7, 11) is 0. The molecule has 1 saturated carbocycles. The van der Waals surface area contributed by atoms with Crippen molar-refractivity contribution in [2.75, 3.05) is 0 Å². The number of fused-ring (bicyclic) bond motifs is 1. The topological polar surface area (TPSA) is 80.5 Å². The number of pyridine rings is 1. The molecule has 4 rings (SSSR count). The molecule has 0 unspecified atom stereocenters. The van der Waals surface area contributed by atoms with Gasteiger partial charge in [0.15, 0.2) is 11.6 Å². The Bertz CT molecular complexity index is 908. The van der Waals surface area contributed by atoms with Gasteiger partial charge in [0.2, 0.25) is 0 Å². The number of hydrogen-bond donors (Lipinski definition) is 2. The van der Waals surface area contributed by atoms with Crippen LogP contribution in [-0.2, 0) is 6.42 Å². The van der Waals surface area contributed by atoms with Crippen molar-refractivity contribution in [1.29, 1.82) is 0 Å². The van der Waals surface area contributed by atoms with Crippen molar-refractivity contribution in [3.63, 3.8) is 0 Å². The van der Waals surface area contributed by atoms with Crippen LogP contribution in [0.15, 0.2) is 24.7 Å². The highest BCUT2D eigenvalue weighted by Crippen LogP contribution is 2.29. The third kappa shape index (κ3) is 3.24. The molecule has 0 saturated heterocycles. The zero-order valence-electron chi connectivity index (χ0n) is 13.7. The fourth-order valence-corrected chi connectivity index (χ4v) is 3.63. The van der Waals surface area contributed by atoms with Crippen LogP contribution >= 0.6 is 0 Å². The highest BCUT2D eigenvalue weighted by molar-refractivity contribution is 5.91. The van der Waals surface area contributed by atoms with E-state index in [1.807, 2.05) is 0 Å². The van der Waals surface area contributed by atoms with Crippen LogP contribution < -0.4 is 5.73 Å². The van der Waals surface area contributed by atoms with Gasteiger partial charge >= 0.3 is 0 Å². The Balaban J connectivity index is 1.67. The molecule has 25 heavy (non-hydrogen) atoms. The molecule has 3 N–H and O–H groups in total. The number of H-pyrrole nitrogens is 1. The molecule has 0 bridgehead atoms. The molecule has 1 aliphatic carbocycles. The SMILES string of the molecule is N[C@@H]1CCC[C@H](Cc2nc(-c3c[nH]c4ncc(F)cc34)ncc2F)C1. The normalized spacial score (nSPS) is 20.9. The van der Waals surface area contributed by atoms with Crippen LogP contribution in [0.25, 0.3) is 22.4 Å². The summed E-state index contributed by atoms with van der Waals surface area (Å²) in [5, 5.41) is 0.581. The smallest absolute Gasteiger partial charge is 0.163 e. The van der Waals surface area contributed by atoms with Crippen molar-refractivity contribution in [1.82, 2.24) is 19.9 Å². The van der Waals surface area contributed by atoms with E-state index >= 15 is 0 Å². The first-order valence-electron chi connectivity index (χ1n) is 8.50. The second-order valence-electron chi connectivity index (χ2n) is 6.74. The van der Waals surface area contributed by atoms with Crippen LogP contribution in [0.5, 0.6) is 0 Å². The third-order valence-electron chi connectivity index (χ3n) is 4.86. The number of nitrogens with one attached hydrogen (secondary N) is 1. The highest BCUT2D eigenvalue weighted by atomic mass is 19.1. The van der Waals surface area contributed by atoms with Crippen LogP contribution in [0.2, 0.25) is 0 Å². The summed E-state index contributed by atoms with van der Waals surface area (Å²) in [6.45, 7) is 0. The molecule has 3 aromatic heterocycles. The first kappa shape index (κ1) is 16.1. The van der Waals surface area contributed by atoms with Crippen molar-refractivity contribution < 1.29 is 8.78 Å². The molecular formula is C18H19F2N5. The van der Waals surface area contributed by atoms with Gasteiger partial charge in [-0.15, -0.1) is 0 Å². The Hall–Kier alpha value is -2.41. The van der Waals surface area contributed by atoms with Gasteiger partial charge in [-0.1, -0.05) is 6.42 Å². The quantitative estimate of drug-likeness (QED) is 0.764. The predicted octanol–water partition coefficient (Wildman–Crippen LogP) is 3.36. The van der Waals surface area contributed by atoms with Gasteiger partial charge in [-0.3, -0.25) is 0 Å². The average molecular weight is 343 g/mol. The van der Waals surface area contributed by atoms with Crippen LogP contribution in [0.3, 0.4) is 0 Å². The summed E-state index contributed by atoms with van der Waals surface area (Å²) in [5.41, 5.74) is 7.58. The molecule has 7 heteroatoms. The second kappa shape index (κ2) is 6.48. The summed E-state index contributed by atoms with van der Waals surface area (Å²) in [6, 6.07) is 1.56. The van der Waals surface area contributed by atoms with Crippen LogP contribution in [0.4, 0.5) is 8.78 Å². The number of rotatable bonds is 3. The van der Waals surface area contributed by atoms with E-state index in [4.69, 9.17) is 5.73 Å². The van der Waals surface area contributed by atoms with Crippen molar-refractivity contribution in [2.24, 2.45) is 11.7 Å². The maximum Gasteiger partial charge on any atom is 0.163 e. The van der Waals surface area contributed by atoms with E-state index in [1.54, 1.807) is 6.20 Å².